The first-order valence-electron chi connectivity index (χ1n) is 5.39. The summed E-state index contributed by atoms with van der Waals surface area (Å²) < 4.78 is 49.4. The minimum Gasteiger partial charge on any atom is -0.347 e. The number of amides is 1. The predicted molar refractivity (Wildman–Crippen MR) is 64.5 cm³/mol. The molecule has 4 nitrogen and oxygen atoms in total. The summed E-state index contributed by atoms with van der Waals surface area (Å²) in [5.41, 5.74) is -1.11. The van der Waals surface area contributed by atoms with Gasteiger partial charge in [-0.05, 0) is 31.9 Å². The van der Waals surface area contributed by atoms with Gasteiger partial charge in [0.25, 0.3) is 15.0 Å². The van der Waals surface area contributed by atoms with Crippen LogP contribution in [-0.4, -0.2) is 19.9 Å². The van der Waals surface area contributed by atoms with Gasteiger partial charge in [-0.3, -0.25) is 4.79 Å². The highest BCUT2D eigenvalue weighted by Gasteiger charge is 2.39. The Kier molecular flexibility index (Phi) is 3.30. The Morgan fingerprint density at radius 3 is 2.42 bits per heavy atom. The Labute approximate surface area is 113 Å². The van der Waals surface area contributed by atoms with E-state index in [9.17, 15) is 22.0 Å². The Bertz CT molecular complexity index is 656. The van der Waals surface area contributed by atoms with Crippen molar-refractivity contribution in [2.75, 3.05) is 0 Å². The second kappa shape index (κ2) is 4.42. The number of hydrogen-bond acceptors (Lipinski definition) is 3. The predicted octanol–water partition coefficient (Wildman–Crippen LogP) is 2.17. The van der Waals surface area contributed by atoms with Crippen molar-refractivity contribution in [1.29, 1.82) is 0 Å². The summed E-state index contributed by atoms with van der Waals surface area (Å²) in [5, 5.41) is 2.51. The summed E-state index contributed by atoms with van der Waals surface area (Å²) >= 11 is 0. The molecule has 0 bridgehead atoms. The van der Waals surface area contributed by atoms with Crippen molar-refractivity contribution in [3.8, 4) is 0 Å². The van der Waals surface area contributed by atoms with Crippen LogP contribution in [0.5, 0.6) is 0 Å². The molecular weight excluding hydrogens is 300 g/mol. The first-order valence-corrected chi connectivity index (χ1v) is 7.69. The zero-order valence-corrected chi connectivity index (χ0v) is 11.4. The molecule has 0 saturated heterocycles. The van der Waals surface area contributed by atoms with Crippen LogP contribution in [0.1, 0.15) is 30.1 Å². The van der Waals surface area contributed by atoms with Crippen molar-refractivity contribution in [3.63, 3.8) is 0 Å². The standard InChI is InChI=1S/C11H10ClF2NO3S/c1-11(2-3-11)15-10(16)7-4-6(13)5-8(9(7)14)19(12,17)18/h4-5H,2-3H2,1H3,(H,15,16). The molecule has 19 heavy (non-hydrogen) atoms. The monoisotopic (exact) mass is 309 g/mol. The van der Waals surface area contributed by atoms with Crippen molar-refractivity contribution in [2.45, 2.75) is 30.2 Å². The highest BCUT2D eigenvalue weighted by molar-refractivity contribution is 8.13. The molecule has 1 amide bonds. The van der Waals surface area contributed by atoms with Crippen LogP contribution in [0, 0.1) is 11.6 Å². The molecule has 0 aromatic heterocycles. The number of halogens is 3. The van der Waals surface area contributed by atoms with Gasteiger partial charge in [-0.1, -0.05) is 0 Å². The topological polar surface area (TPSA) is 63.2 Å². The zero-order chi connectivity index (χ0) is 14.4. The number of nitrogens with one attached hydrogen (secondary N) is 1. The van der Waals surface area contributed by atoms with E-state index < -0.39 is 42.6 Å². The smallest absolute Gasteiger partial charge is 0.264 e. The maximum Gasteiger partial charge on any atom is 0.264 e. The van der Waals surface area contributed by atoms with E-state index in [1.807, 2.05) is 0 Å². The number of benzene rings is 1. The molecule has 1 aliphatic carbocycles. The van der Waals surface area contributed by atoms with Gasteiger partial charge in [0.05, 0.1) is 5.56 Å². The summed E-state index contributed by atoms with van der Waals surface area (Å²) in [6.07, 6.45) is 1.46. The molecule has 2 rings (SSSR count). The van der Waals surface area contributed by atoms with Crippen LogP contribution in [0.25, 0.3) is 0 Å². The fourth-order valence-corrected chi connectivity index (χ4v) is 2.48. The third-order valence-corrected chi connectivity index (χ3v) is 4.25. The summed E-state index contributed by atoms with van der Waals surface area (Å²) in [5.74, 6) is -3.26. The molecule has 0 spiro atoms. The van der Waals surface area contributed by atoms with Crippen molar-refractivity contribution in [1.82, 2.24) is 5.32 Å². The van der Waals surface area contributed by atoms with E-state index >= 15 is 0 Å². The first kappa shape index (κ1) is 14.2. The van der Waals surface area contributed by atoms with Crippen molar-refractivity contribution < 1.29 is 22.0 Å². The van der Waals surface area contributed by atoms with Crippen LogP contribution >= 0.6 is 10.7 Å². The molecular formula is C11H10ClF2NO3S. The van der Waals surface area contributed by atoms with Gasteiger partial charge < -0.3 is 5.32 Å². The Balaban J connectivity index is 2.46. The molecule has 8 heteroatoms. The SMILES string of the molecule is CC1(NC(=O)c2cc(F)cc(S(=O)(=O)Cl)c2F)CC1. The third kappa shape index (κ3) is 3.03. The number of hydrogen-bond donors (Lipinski definition) is 1. The van der Waals surface area contributed by atoms with Gasteiger partial charge in [0.2, 0.25) is 0 Å². The van der Waals surface area contributed by atoms with E-state index in [2.05, 4.69) is 5.32 Å². The summed E-state index contributed by atoms with van der Waals surface area (Å²) in [4.78, 5) is 10.8. The quantitative estimate of drug-likeness (QED) is 0.870. The molecule has 0 atom stereocenters. The van der Waals surface area contributed by atoms with Gasteiger partial charge in [-0.2, -0.15) is 0 Å². The first-order chi connectivity index (χ1) is 8.62. The largest absolute Gasteiger partial charge is 0.347 e. The van der Waals surface area contributed by atoms with E-state index in [-0.39, 0.29) is 0 Å². The van der Waals surface area contributed by atoms with E-state index in [0.29, 0.717) is 12.1 Å². The molecule has 104 valence electrons. The maximum atomic E-state index is 13.9. The van der Waals surface area contributed by atoms with Gasteiger partial charge >= 0.3 is 0 Å². The molecule has 0 aliphatic heterocycles. The van der Waals surface area contributed by atoms with Crippen LogP contribution < -0.4 is 5.32 Å². The average molecular weight is 310 g/mol. The van der Waals surface area contributed by atoms with Gasteiger partial charge in [0.15, 0.2) is 5.82 Å². The lowest BCUT2D eigenvalue weighted by Gasteiger charge is -2.12. The van der Waals surface area contributed by atoms with Crippen LogP contribution in [0.4, 0.5) is 8.78 Å². The zero-order valence-electron chi connectivity index (χ0n) is 9.84. The minimum absolute atomic E-state index is 0.435. The number of carbonyl (C=O) groups excluding carboxylic acids is 1. The molecule has 1 fully saturated rings. The van der Waals surface area contributed by atoms with Gasteiger partial charge in [-0.15, -0.1) is 0 Å². The number of rotatable bonds is 3. The molecule has 1 saturated carbocycles. The van der Waals surface area contributed by atoms with Crippen LogP contribution in [0.15, 0.2) is 17.0 Å². The lowest BCUT2D eigenvalue weighted by Crippen LogP contribution is -2.35. The summed E-state index contributed by atoms with van der Waals surface area (Å²) in [6, 6.07) is 1.08. The fraction of sp³-hybridized carbons (Fsp3) is 0.364. The fourth-order valence-electron chi connectivity index (χ4n) is 1.56. The second-order valence-electron chi connectivity index (χ2n) is 4.72. The molecule has 1 N–H and O–H groups in total. The highest BCUT2D eigenvalue weighted by atomic mass is 35.7. The Morgan fingerprint density at radius 1 is 1.37 bits per heavy atom. The van der Waals surface area contributed by atoms with Crippen LogP contribution in [-0.2, 0) is 9.05 Å². The highest BCUT2D eigenvalue weighted by Crippen LogP contribution is 2.35. The van der Waals surface area contributed by atoms with Gasteiger partial charge in [0, 0.05) is 16.2 Å². The molecule has 0 unspecified atom stereocenters. The van der Waals surface area contributed by atoms with Gasteiger partial charge in [-0.25, -0.2) is 17.2 Å². The van der Waals surface area contributed by atoms with E-state index in [0.717, 1.165) is 12.8 Å². The molecule has 0 radical (unpaired) electrons. The minimum atomic E-state index is -4.46. The van der Waals surface area contributed by atoms with Crippen molar-refractivity contribution in [3.05, 3.63) is 29.3 Å². The van der Waals surface area contributed by atoms with Crippen molar-refractivity contribution in [2.24, 2.45) is 0 Å². The van der Waals surface area contributed by atoms with Crippen LogP contribution in [0.2, 0.25) is 0 Å². The molecule has 0 heterocycles. The maximum absolute atomic E-state index is 13.9. The molecule has 1 aromatic carbocycles. The Morgan fingerprint density at radius 2 is 1.95 bits per heavy atom. The van der Waals surface area contributed by atoms with Crippen molar-refractivity contribution >= 4 is 25.6 Å². The third-order valence-electron chi connectivity index (χ3n) is 2.93. The molecule has 1 aromatic rings. The Hall–Kier alpha value is -1.21. The summed E-state index contributed by atoms with van der Waals surface area (Å²) in [6.45, 7) is 1.75. The van der Waals surface area contributed by atoms with E-state index in [1.165, 1.54) is 0 Å². The normalized spacial score (nSPS) is 17.1. The van der Waals surface area contributed by atoms with Crippen LogP contribution in [0.3, 0.4) is 0 Å². The average Bonchev–Trinajstić information content (AvgIpc) is 2.97. The van der Waals surface area contributed by atoms with E-state index in [1.54, 1.807) is 6.92 Å². The van der Waals surface area contributed by atoms with E-state index in [4.69, 9.17) is 10.7 Å². The summed E-state index contributed by atoms with van der Waals surface area (Å²) in [7, 11) is 0.529. The lowest BCUT2D eigenvalue weighted by molar-refractivity contribution is 0.0930. The second-order valence-corrected chi connectivity index (χ2v) is 7.25. The lowest BCUT2D eigenvalue weighted by atomic mass is 10.1. The van der Waals surface area contributed by atoms with Gasteiger partial charge in [0.1, 0.15) is 10.7 Å². The number of carbonyl (C=O) groups is 1. The molecule has 1 aliphatic rings.